The van der Waals surface area contributed by atoms with Gasteiger partial charge in [0.15, 0.2) is 0 Å². The zero-order chi connectivity index (χ0) is 18.5. The molecule has 5 aromatic rings. The Morgan fingerprint density at radius 2 is 1.63 bits per heavy atom. The van der Waals surface area contributed by atoms with Crippen LogP contribution in [-0.2, 0) is 7.05 Å². The predicted octanol–water partition coefficient (Wildman–Crippen LogP) is 5.32. The summed E-state index contributed by atoms with van der Waals surface area (Å²) in [6.45, 7) is 0. The maximum absolute atomic E-state index is 14.3. The van der Waals surface area contributed by atoms with Gasteiger partial charge in [-0.1, -0.05) is 24.3 Å². The zero-order valence-electron chi connectivity index (χ0n) is 14.6. The molecule has 2 heterocycles. The highest BCUT2D eigenvalue weighted by Crippen LogP contribution is 2.35. The van der Waals surface area contributed by atoms with Crippen molar-refractivity contribution in [2.45, 2.75) is 0 Å². The zero-order valence-corrected chi connectivity index (χ0v) is 14.6. The number of benzene rings is 3. The first-order valence-corrected chi connectivity index (χ1v) is 8.67. The molecule has 0 radical (unpaired) electrons. The number of nitrogens with one attached hydrogen (secondary N) is 2. The summed E-state index contributed by atoms with van der Waals surface area (Å²) in [5, 5.41) is 5.22. The molecule has 132 valence electrons. The molecule has 0 bridgehead atoms. The number of nitrogens with zero attached hydrogens (tertiary/aromatic N) is 1. The van der Waals surface area contributed by atoms with Crippen LogP contribution in [0.25, 0.3) is 32.8 Å². The van der Waals surface area contributed by atoms with E-state index in [2.05, 4.69) is 20.9 Å². The molecular formula is C22H16F2N3+. The van der Waals surface area contributed by atoms with Crippen molar-refractivity contribution in [1.82, 2.24) is 4.98 Å². The van der Waals surface area contributed by atoms with Crippen LogP contribution in [0.4, 0.5) is 20.2 Å². The average molecular weight is 360 g/mol. The molecule has 0 aliphatic heterocycles. The first kappa shape index (κ1) is 15.8. The molecule has 3 aromatic carbocycles. The minimum absolute atomic E-state index is 0.232. The number of anilines is 2. The van der Waals surface area contributed by atoms with Crippen molar-refractivity contribution in [1.29, 1.82) is 0 Å². The van der Waals surface area contributed by atoms with E-state index >= 15 is 0 Å². The van der Waals surface area contributed by atoms with E-state index in [1.54, 1.807) is 0 Å². The second-order valence-electron chi connectivity index (χ2n) is 6.59. The van der Waals surface area contributed by atoms with Crippen LogP contribution in [-0.4, -0.2) is 4.98 Å². The fourth-order valence-electron chi connectivity index (χ4n) is 3.74. The molecule has 0 atom stereocenters. The third kappa shape index (κ3) is 2.35. The second-order valence-corrected chi connectivity index (χ2v) is 6.59. The molecule has 27 heavy (non-hydrogen) atoms. The maximum atomic E-state index is 14.3. The lowest BCUT2D eigenvalue weighted by Crippen LogP contribution is -2.30. The van der Waals surface area contributed by atoms with Crippen molar-refractivity contribution in [2.24, 2.45) is 7.05 Å². The number of hydrogen-bond acceptors (Lipinski definition) is 1. The smallest absolute Gasteiger partial charge is 0.240 e. The maximum Gasteiger partial charge on any atom is 0.240 e. The largest absolute Gasteiger partial charge is 0.351 e. The lowest BCUT2D eigenvalue weighted by Gasteiger charge is -2.11. The molecule has 0 saturated heterocycles. The van der Waals surface area contributed by atoms with E-state index in [0.717, 1.165) is 44.6 Å². The Labute approximate surface area is 153 Å². The summed E-state index contributed by atoms with van der Waals surface area (Å²) >= 11 is 0. The summed E-state index contributed by atoms with van der Waals surface area (Å²) < 4.78 is 29.7. The Bertz CT molecular complexity index is 1340. The molecule has 0 aliphatic rings. The van der Waals surface area contributed by atoms with Gasteiger partial charge in [-0.25, -0.2) is 8.78 Å². The van der Waals surface area contributed by atoms with Crippen LogP contribution in [0.5, 0.6) is 0 Å². The van der Waals surface area contributed by atoms with E-state index in [-0.39, 0.29) is 5.69 Å². The topological polar surface area (TPSA) is 31.7 Å². The highest BCUT2D eigenvalue weighted by molar-refractivity contribution is 6.13. The fourth-order valence-corrected chi connectivity index (χ4v) is 3.74. The van der Waals surface area contributed by atoms with Gasteiger partial charge in [-0.2, -0.15) is 4.57 Å². The van der Waals surface area contributed by atoms with Gasteiger partial charge in [0, 0.05) is 12.1 Å². The normalized spacial score (nSPS) is 11.5. The number of hydrogen-bond donors (Lipinski definition) is 2. The molecular weight excluding hydrogens is 344 g/mol. The Kier molecular flexibility index (Phi) is 3.37. The van der Waals surface area contributed by atoms with Gasteiger partial charge in [0.1, 0.15) is 24.2 Å². The third-order valence-corrected chi connectivity index (χ3v) is 4.99. The number of aryl methyl sites for hydroxylation is 1. The van der Waals surface area contributed by atoms with Crippen LogP contribution in [0.15, 0.2) is 66.7 Å². The average Bonchev–Trinajstić information content (AvgIpc) is 3.06. The minimum Gasteiger partial charge on any atom is -0.351 e. The standard InChI is InChI=1S/C22H15F2N3/c1-27-19-9-5-3-7-15(19)20(26-18-11-10-13(23)12-16(18)24)21-22(27)14-6-2-4-8-17(14)25-21/h2-12H,1H3,(H,25,26)/p+1. The van der Waals surface area contributed by atoms with Gasteiger partial charge in [0.2, 0.25) is 11.0 Å². The van der Waals surface area contributed by atoms with Crippen molar-refractivity contribution in [3.05, 3.63) is 78.4 Å². The molecule has 3 nitrogen and oxygen atoms in total. The molecule has 0 aliphatic carbocycles. The first-order valence-electron chi connectivity index (χ1n) is 8.67. The van der Waals surface area contributed by atoms with Gasteiger partial charge in [0.25, 0.3) is 0 Å². The van der Waals surface area contributed by atoms with Gasteiger partial charge in [-0.3, -0.25) is 0 Å². The minimum atomic E-state index is -0.628. The lowest BCUT2D eigenvalue weighted by atomic mass is 10.1. The Morgan fingerprint density at radius 3 is 2.44 bits per heavy atom. The molecule has 5 heteroatoms. The van der Waals surface area contributed by atoms with Crippen LogP contribution in [0.1, 0.15) is 0 Å². The summed E-state index contributed by atoms with van der Waals surface area (Å²) in [6, 6.07) is 19.5. The third-order valence-electron chi connectivity index (χ3n) is 4.99. The van der Waals surface area contributed by atoms with E-state index < -0.39 is 11.6 Å². The molecule has 0 fully saturated rings. The van der Waals surface area contributed by atoms with E-state index in [0.29, 0.717) is 0 Å². The quantitative estimate of drug-likeness (QED) is 0.410. The number of H-pyrrole nitrogens is 1. The fraction of sp³-hybridized carbons (Fsp3) is 0.0455. The number of pyridine rings is 1. The summed E-state index contributed by atoms with van der Waals surface area (Å²) in [5.41, 5.74) is 4.91. The van der Waals surface area contributed by atoms with Crippen LogP contribution in [0, 0.1) is 11.6 Å². The number of halogens is 2. The number of para-hydroxylation sites is 2. The predicted molar refractivity (Wildman–Crippen MR) is 104 cm³/mol. The van der Waals surface area contributed by atoms with Crippen LogP contribution < -0.4 is 9.88 Å². The van der Waals surface area contributed by atoms with E-state index in [1.807, 2.05) is 49.5 Å². The van der Waals surface area contributed by atoms with Gasteiger partial charge < -0.3 is 10.3 Å². The lowest BCUT2D eigenvalue weighted by molar-refractivity contribution is -0.616. The second kappa shape index (κ2) is 5.77. The number of fused-ring (bicyclic) bond motifs is 4. The Morgan fingerprint density at radius 1 is 0.889 bits per heavy atom. The summed E-state index contributed by atoms with van der Waals surface area (Å²) in [4.78, 5) is 3.45. The van der Waals surface area contributed by atoms with Crippen LogP contribution >= 0.6 is 0 Å². The number of aromatic amines is 1. The van der Waals surface area contributed by atoms with Crippen molar-refractivity contribution < 1.29 is 13.3 Å². The van der Waals surface area contributed by atoms with Crippen molar-refractivity contribution >= 4 is 44.2 Å². The van der Waals surface area contributed by atoms with Gasteiger partial charge in [-0.15, -0.1) is 0 Å². The summed E-state index contributed by atoms with van der Waals surface area (Å²) in [5.74, 6) is -1.23. The molecule has 2 N–H and O–H groups in total. The molecule has 0 amide bonds. The molecule has 5 rings (SSSR count). The van der Waals surface area contributed by atoms with Gasteiger partial charge in [0.05, 0.1) is 27.7 Å². The number of rotatable bonds is 2. The highest BCUT2D eigenvalue weighted by Gasteiger charge is 2.22. The molecule has 0 spiro atoms. The highest BCUT2D eigenvalue weighted by atomic mass is 19.1. The van der Waals surface area contributed by atoms with Crippen molar-refractivity contribution in [3.8, 4) is 0 Å². The number of aromatic nitrogens is 2. The summed E-state index contributed by atoms with van der Waals surface area (Å²) in [6.07, 6.45) is 0. The molecule has 2 aromatic heterocycles. The monoisotopic (exact) mass is 360 g/mol. The molecule has 0 saturated carbocycles. The van der Waals surface area contributed by atoms with Gasteiger partial charge >= 0.3 is 0 Å². The van der Waals surface area contributed by atoms with Gasteiger partial charge in [-0.05, 0) is 30.3 Å². The van der Waals surface area contributed by atoms with E-state index in [9.17, 15) is 8.78 Å². The first-order chi connectivity index (χ1) is 13.1. The SMILES string of the molecule is C[n+]1c2ccccc2c(Nc2ccc(F)cc2F)c2[nH]c3ccccc3c21. The Hall–Kier alpha value is -3.47. The molecule has 0 unspecified atom stereocenters. The van der Waals surface area contributed by atoms with Crippen LogP contribution in [0.3, 0.4) is 0 Å². The van der Waals surface area contributed by atoms with Crippen molar-refractivity contribution in [2.75, 3.05) is 5.32 Å². The van der Waals surface area contributed by atoms with E-state index in [4.69, 9.17) is 0 Å². The van der Waals surface area contributed by atoms with E-state index in [1.165, 1.54) is 12.1 Å². The Balaban J connectivity index is 1.89. The van der Waals surface area contributed by atoms with Crippen LogP contribution in [0.2, 0.25) is 0 Å². The van der Waals surface area contributed by atoms with Crippen molar-refractivity contribution in [3.63, 3.8) is 0 Å². The summed E-state index contributed by atoms with van der Waals surface area (Å²) in [7, 11) is 2.02.